The van der Waals surface area contributed by atoms with E-state index in [0.29, 0.717) is 11.1 Å². The molecule has 0 spiro atoms. The highest BCUT2D eigenvalue weighted by molar-refractivity contribution is 6.30. The Labute approximate surface area is 95.3 Å². The summed E-state index contributed by atoms with van der Waals surface area (Å²) in [6.07, 6.45) is 2.81. The molecule has 0 bridgehead atoms. The third-order valence-corrected chi connectivity index (χ3v) is 3.18. The van der Waals surface area contributed by atoms with Crippen LogP contribution in [-0.2, 0) is 0 Å². The Hall–Kier alpha value is -0.570. The standard InChI is InChI=1S/C12H16ClNO/c13-10-5-3-9(4-6-10)12(15)8-11-2-1-7-14-11/h3-6,11-12,14-15H,1-2,7-8H2. The Morgan fingerprint density at radius 2 is 2.13 bits per heavy atom. The molecule has 2 rings (SSSR count). The fourth-order valence-corrected chi connectivity index (χ4v) is 2.17. The van der Waals surface area contributed by atoms with Gasteiger partial charge in [-0.05, 0) is 43.5 Å². The molecule has 1 aliphatic rings. The zero-order valence-electron chi connectivity index (χ0n) is 8.62. The van der Waals surface area contributed by atoms with Gasteiger partial charge in [-0.15, -0.1) is 0 Å². The van der Waals surface area contributed by atoms with Crippen molar-refractivity contribution < 1.29 is 5.11 Å². The van der Waals surface area contributed by atoms with Crippen LogP contribution < -0.4 is 5.32 Å². The maximum absolute atomic E-state index is 9.99. The molecule has 1 aromatic rings. The van der Waals surface area contributed by atoms with E-state index < -0.39 is 0 Å². The SMILES string of the molecule is OC(CC1CCCN1)c1ccc(Cl)cc1. The molecule has 1 saturated heterocycles. The van der Waals surface area contributed by atoms with Gasteiger partial charge < -0.3 is 10.4 Å². The van der Waals surface area contributed by atoms with Crippen LogP contribution in [0, 0.1) is 0 Å². The number of hydrogen-bond donors (Lipinski definition) is 2. The van der Waals surface area contributed by atoms with E-state index in [2.05, 4.69) is 5.32 Å². The molecule has 2 nitrogen and oxygen atoms in total. The van der Waals surface area contributed by atoms with Gasteiger partial charge >= 0.3 is 0 Å². The average Bonchev–Trinajstić information content (AvgIpc) is 2.71. The summed E-state index contributed by atoms with van der Waals surface area (Å²) in [6, 6.07) is 7.89. The molecule has 0 aromatic heterocycles. The summed E-state index contributed by atoms with van der Waals surface area (Å²) in [4.78, 5) is 0. The molecule has 1 heterocycles. The molecule has 0 radical (unpaired) electrons. The molecule has 2 N–H and O–H groups in total. The Morgan fingerprint density at radius 3 is 2.73 bits per heavy atom. The molecule has 82 valence electrons. The van der Waals surface area contributed by atoms with Gasteiger partial charge in [-0.3, -0.25) is 0 Å². The smallest absolute Gasteiger partial charge is 0.0804 e. The molecule has 0 amide bonds. The van der Waals surface area contributed by atoms with Gasteiger partial charge in [0.15, 0.2) is 0 Å². The van der Waals surface area contributed by atoms with Crippen molar-refractivity contribution >= 4 is 11.6 Å². The van der Waals surface area contributed by atoms with E-state index in [4.69, 9.17) is 11.6 Å². The third-order valence-electron chi connectivity index (χ3n) is 2.92. The molecule has 1 aliphatic heterocycles. The van der Waals surface area contributed by atoms with Crippen LogP contribution in [0.15, 0.2) is 24.3 Å². The van der Waals surface area contributed by atoms with E-state index in [1.54, 1.807) is 0 Å². The van der Waals surface area contributed by atoms with Crippen molar-refractivity contribution in [3.05, 3.63) is 34.9 Å². The molecule has 0 saturated carbocycles. The van der Waals surface area contributed by atoms with Gasteiger partial charge in [-0.1, -0.05) is 23.7 Å². The lowest BCUT2D eigenvalue weighted by Crippen LogP contribution is -2.23. The molecule has 1 aromatic carbocycles. The topological polar surface area (TPSA) is 32.3 Å². The first-order valence-electron chi connectivity index (χ1n) is 5.42. The number of halogens is 1. The first-order chi connectivity index (χ1) is 7.25. The highest BCUT2D eigenvalue weighted by atomic mass is 35.5. The number of nitrogens with one attached hydrogen (secondary N) is 1. The predicted molar refractivity (Wildman–Crippen MR) is 62.1 cm³/mol. The lowest BCUT2D eigenvalue weighted by atomic mass is 10.0. The first kappa shape index (κ1) is 10.9. The first-order valence-corrected chi connectivity index (χ1v) is 5.80. The van der Waals surface area contributed by atoms with Crippen molar-refractivity contribution in [1.82, 2.24) is 5.32 Å². The minimum Gasteiger partial charge on any atom is -0.388 e. The van der Waals surface area contributed by atoms with Crippen molar-refractivity contribution in [2.45, 2.75) is 31.4 Å². The molecule has 0 aliphatic carbocycles. The second-order valence-electron chi connectivity index (χ2n) is 4.10. The molecule has 3 heteroatoms. The molecule has 2 unspecified atom stereocenters. The number of aliphatic hydroxyl groups is 1. The normalized spacial score (nSPS) is 22.9. The maximum Gasteiger partial charge on any atom is 0.0804 e. The van der Waals surface area contributed by atoms with Gasteiger partial charge in [-0.2, -0.15) is 0 Å². The fraction of sp³-hybridized carbons (Fsp3) is 0.500. The van der Waals surface area contributed by atoms with E-state index in [0.717, 1.165) is 18.5 Å². The number of benzene rings is 1. The number of aliphatic hydroxyl groups excluding tert-OH is 1. The van der Waals surface area contributed by atoms with Crippen LogP contribution in [0.2, 0.25) is 5.02 Å². The highest BCUT2D eigenvalue weighted by Gasteiger charge is 2.18. The summed E-state index contributed by atoms with van der Waals surface area (Å²) in [5, 5.41) is 14.1. The Kier molecular flexibility index (Phi) is 3.62. The van der Waals surface area contributed by atoms with Crippen molar-refractivity contribution in [1.29, 1.82) is 0 Å². The summed E-state index contributed by atoms with van der Waals surface area (Å²) in [6.45, 7) is 1.08. The van der Waals surface area contributed by atoms with Crippen molar-refractivity contribution in [2.24, 2.45) is 0 Å². The molecular formula is C12H16ClNO. The summed E-state index contributed by atoms with van der Waals surface area (Å²) in [5.41, 5.74) is 0.952. The zero-order valence-corrected chi connectivity index (χ0v) is 9.37. The monoisotopic (exact) mass is 225 g/mol. The van der Waals surface area contributed by atoms with E-state index in [9.17, 15) is 5.11 Å². The zero-order chi connectivity index (χ0) is 10.7. The maximum atomic E-state index is 9.99. The summed E-state index contributed by atoms with van der Waals surface area (Å²) >= 11 is 5.79. The van der Waals surface area contributed by atoms with Gasteiger partial charge in [0.25, 0.3) is 0 Å². The Bertz CT molecular complexity index is 306. The van der Waals surface area contributed by atoms with Gasteiger partial charge in [0.05, 0.1) is 6.10 Å². The Morgan fingerprint density at radius 1 is 1.40 bits per heavy atom. The molecule has 1 fully saturated rings. The van der Waals surface area contributed by atoms with E-state index >= 15 is 0 Å². The van der Waals surface area contributed by atoms with Gasteiger partial charge in [-0.25, -0.2) is 0 Å². The second-order valence-corrected chi connectivity index (χ2v) is 4.53. The molecular weight excluding hydrogens is 210 g/mol. The van der Waals surface area contributed by atoms with E-state index in [1.807, 2.05) is 24.3 Å². The quantitative estimate of drug-likeness (QED) is 0.829. The van der Waals surface area contributed by atoms with E-state index in [1.165, 1.54) is 12.8 Å². The van der Waals surface area contributed by atoms with Crippen molar-refractivity contribution in [2.75, 3.05) is 6.54 Å². The van der Waals surface area contributed by atoms with Crippen molar-refractivity contribution in [3.63, 3.8) is 0 Å². The fourth-order valence-electron chi connectivity index (χ4n) is 2.05. The van der Waals surface area contributed by atoms with Crippen LogP contribution in [0.5, 0.6) is 0 Å². The number of hydrogen-bond acceptors (Lipinski definition) is 2. The van der Waals surface area contributed by atoms with Crippen LogP contribution in [-0.4, -0.2) is 17.7 Å². The van der Waals surface area contributed by atoms with Crippen LogP contribution in [0.4, 0.5) is 0 Å². The molecule has 15 heavy (non-hydrogen) atoms. The Balaban J connectivity index is 1.94. The third kappa shape index (κ3) is 2.94. The van der Waals surface area contributed by atoms with Gasteiger partial charge in [0, 0.05) is 11.1 Å². The lowest BCUT2D eigenvalue weighted by Gasteiger charge is -2.16. The van der Waals surface area contributed by atoms with Crippen LogP contribution in [0.3, 0.4) is 0 Å². The average molecular weight is 226 g/mol. The largest absolute Gasteiger partial charge is 0.388 e. The van der Waals surface area contributed by atoms with Crippen molar-refractivity contribution in [3.8, 4) is 0 Å². The number of rotatable bonds is 3. The minimum atomic E-state index is -0.377. The minimum absolute atomic E-state index is 0.377. The van der Waals surface area contributed by atoms with Crippen LogP contribution in [0.1, 0.15) is 30.9 Å². The van der Waals surface area contributed by atoms with Crippen LogP contribution in [0.25, 0.3) is 0 Å². The summed E-state index contributed by atoms with van der Waals surface area (Å²) < 4.78 is 0. The second kappa shape index (κ2) is 4.97. The highest BCUT2D eigenvalue weighted by Crippen LogP contribution is 2.23. The molecule has 2 atom stereocenters. The summed E-state index contributed by atoms with van der Waals surface area (Å²) in [5.74, 6) is 0. The summed E-state index contributed by atoms with van der Waals surface area (Å²) in [7, 11) is 0. The van der Waals surface area contributed by atoms with Gasteiger partial charge in [0.2, 0.25) is 0 Å². The predicted octanol–water partition coefficient (Wildman–Crippen LogP) is 2.52. The van der Waals surface area contributed by atoms with Gasteiger partial charge in [0.1, 0.15) is 0 Å². The van der Waals surface area contributed by atoms with Crippen LogP contribution >= 0.6 is 11.6 Å². The lowest BCUT2D eigenvalue weighted by molar-refractivity contribution is 0.154. The van der Waals surface area contributed by atoms with E-state index in [-0.39, 0.29) is 6.10 Å².